The van der Waals surface area contributed by atoms with Gasteiger partial charge in [-0.3, -0.25) is 4.90 Å². The number of carbonyl (C=O) groups is 2. The Morgan fingerprint density at radius 1 is 1.03 bits per heavy atom. The summed E-state index contributed by atoms with van der Waals surface area (Å²) in [5.74, 6) is -1.39. The lowest BCUT2D eigenvalue weighted by Crippen LogP contribution is -2.47. The highest BCUT2D eigenvalue weighted by Gasteiger charge is 2.47. The summed E-state index contributed by atoms with van der Waals surface area (Å²) in [4.78, 5) is 31.9. The summed E-state index contributed by atoms with van der Waals surface area (Å²) >= 11 is 0. The SMILES string of the molecule is CCOC(=O)C1=NN(c2ccc(F)cc2)C2=NC(C)=C(C(=O)OC)[C@@H](c3ccc(C)cc3)N12. The number of anilines is 1. The van der Waals surface area contributed by atoms with Crippen molar-refractivity contribution < 1.29 is 23.5 Å². The number of allylic oxidation sites excluding steroid dienone is 1. The average Bonchev–Trinajstić information content (AvgIpc) is 3.18. The van der Waals surface area contributed by atoms with Crippen LogP contribution in [0.2, 0.25) is 0 Å². The zero-order chi connectivity index (χ0) is 23.7. The number of aryl methyl sites for hydroxylation is 1. The van der Waals surface area contributed by atoms with Gasteiger partial charge in [-0.1, -0.05) is 29.8 Å². The van der Waals surface area contributed by atoms with Crippen LogP contribution in [-0.2, 0) is 19.1 Å². The molecule has 2 aliphatic heterocycles. The summed E-state index contributed by atoms with van der Waals surface area (Å²) in [7, 11) is 1.29. The van der Waals surface area contributed by atoms with Crippen LogP contribution in [0.15, 0.2) is 69.9 Å². The van der Waals surface area contributed by atoms with Crippen molar-refractivity contribution in [2.24, 2.45) is 10.1 Å². The lowest BCUT2D eigenvalue weighted by atomic mass is 9.93. The van der Waals surface area contributed by atoms with Crippen LogP contribution >= 0.6 is 0 Å². The molecule has 2 heterocycles. The minimum Gasteiger partial charge on any atom is -0.466 e. The molecule has 0 spiro atoms. The molecule has 170 valence electrons. The van der Waals surface area contributed by atoms with Gasteiger partial charge in [-0.15, -0.1) is 5.10 Å². The molecular weight excluding hydrogens is 427 g/mol. The van der Waals surface area contributed by atoms with Crippen molar-refractivity contribution in [2.75, 3.05) is 18.7 Å². The molecule has 0 radical (unpaired) electrons. The van der Waals surface area contributed by atoms with E-state index in [1.54, 1.807) is 18.7 Å². The molecule has 2 aliphatic rings. The minimum atomic E-state index is -0.737. The highest BCUT2D eigenvalue weighted by atomic mass is 19.1. The van der Waals surface area contributed by atoms with Crippen LogP contribution in [0.25, 0.3) is 0 Å². The number of amidine groups is 1. The second-order valence-electron chi connectivity index (χ2n) is 7.52. The number of carbonyl (C=O) groups excluding carboxylic acids is 2. The molecule has 1 atom stereocenters. The van der Waals surface area contributed by atoms with E-state index >= 15 is 0 Å². The second kappa shape index (κ2) is 8.85. The summed E-state index contributed by atoms with van der Waals surface area (Å²) < 4.78 is 23.8. The van der Waals surface area contributed by atoms with Gasteiger partial charge in [0.25, 0.3) is 0 Å². The summed E-state index contributed by atoms with van der Waals surface area (Å²) in [6.45, 7) is 5.49. The van der Waals surface area contributed by atoms with Crippen molar-refractivity contribution in [3.05, 3.63) is 76.7 Å². The minimum absolute atomic E-state index is 0.0422. The lowest BCUT2D eigenvalue weighted by Gasteiger charge is -2.35. The third-order valence-electron chi connectivity index (χ3n) is 5.34. The maximum Gasteiger partial charge on any atom is 0.376 e. The number of aliphatic imine (C=N–C) groups is 1. The zero-order valence-electron chi connectivity index (χ0n) is 18.7. The largest absolute Gasteiger partial charge is 0.466 e. The van der Waals surface area contributed by atoms with E-state index in [1.807, 2.05) is 31.2 Å². The van der Waals surface area contributed by atoms with Crippen molar-refractivity contribution in [1.29, 1.82) is 0 Å². The normalized spacial score (nSPS) is 17.4. The van der Waals surface area contributed by atoms with E-state index < -0.39 is 23.8 Å². The van der Waals surface area contributed by atoms with Crippen molar-refractivity contribution in [2.45, 2.75) is 26.8 Å². The molecule has 0 bridgehead atoms. The Balaban J connectivity index is 1.93. The Hall–Kier alpha value is -4.01. The first-order valence-electron chi connectivity index (χ1n) is 10.4. The fourth-order valence-electron chi connectivity index (χ4n) is 3.78. The number of halogens is 1. The molecule has 8 nitrogen and oxygen atoms in total. The molecular formula is C24H23FN4O4. The maximum absolute atomic E-state index is 13.5. The van der Waals surface area contributed by atoms with E-state index in [2.05, 4.69) is 10.1 Å². The Morgan fingerprint density at radius 3 is 2.30 bits per heavy atom. The summed E-state index contributed by atoms with van der Waals surface area (Å²) in [5.41, 5.74) is 2.98. The molecule has 0 amide bonds. The standard InChI is InChI=1S/C24H23FN4O4/c1-5-33-23(31)21-27-29(18-12-10-17(25)11-13-18)24-26-15(3)19(22(30)32-4)20(28(21)24)16-8-6-14(2)7-9-16/h6-13,20H,5H2,1-4H3/t20-/m1/s1. The number of hydrazone groups is 1. The molecule has 0 saturated heterocycles. The van der Waals surface area contributed by atoms with E-state index in [-0.39, 0.29) is 18.0 Å². The van der Waals surface area contributed by atoms with Crippen molar-refractivity contribution in [1.82, 2.24) is 4.90 Å². The molecule has 33 heavy (non-hydrogen) atoms. The molecule has 2 aromatic rings. The zero-order valence-corrected chi connectivity index (χ0v) is 18.7. The van der Waals surface area contributed by atoms with E-state index in [9.17, 15) is 14.0 Å². The summed E-state index contributed by atoms with van der Waals surface area (Å²) in [5, 5.41) is 5.90. The third kappa shape index (κ3) is 3.97. The molecule has 0 unspecified atom stereocenters. The molecule has 0 N–H and O–H groups in total. The van der Waals surface area contributed by atoms with Gasteiger partial charge in [0.2, 0.25) is 11.8 Å². The monoisotopic (exact) mass is 450 g/mol. The number of hydrogen-bond donors (Lipinski definition) is 0. The first-order chi connectivity index (χ1) is 15.8. The number of rotatable bonds is 5. The van der Waals surface area contributed by atoms with Gasteiger partial charge in [0.05, 0.1) is 36.7 Å². The van der Waals surface area contributed by atoms with Gasteiger partial charge in [0.15, 0.2) is 0 Å². The first kappa shape index (κ1) is 22.2. The van der Waals surface area contributed by atoms with Crippen LogP contribution in [0.1, 0.15) is 31.0 Å². The summed E-state index contributed by atoms with van der Waals surface area (Å²) in [6.07, 6.45) is 0. The molecule has 0 aliphatic carbocycles. The number of methoxy groups -OCH3 is 1. The van der Waals surface area contributed by atoms with Gasteiger partial charge in [0.1, 0.15) is 5.82 Å². The van der Waals surface area contributed by atoms with Gasteiger partial charge >= 0.3 is 11.9 Å². The van der Waals surface area contributed by atoms with Gasteiger partial charge in [0, 0.05) is 0 Å². The van der Waals surface area contributed by atoms with E-state index in [0.717, 1.165) is 11.1 Å². The van der Waals surface area contributed by atoms with Crippen molar-refractivity contribution in [3.8, 4) is 0 Å². The Morgan fingerprint density at radius 2 is 1.70 bits per heavy atom. The topological polar surface area (TPSA) is 83.8 Å². The molecule has 2 aromatic carbocycles. The van der Waals surface area contributed by atoms with Gasteiger partial charge < -0.3 is 9.47 Å². The van der Waals surface area contributed by atoms with Gasteiger partial charge in [-0.2, -0.15) is 5.01 Å². The van der Waals surface area contributed by atoms with Crippen LogP contribution in [0.3, 0.4) is 0 Å². The van der Waals surface area contributed by atoms with Crippen LogP contribution in [0.5, 0.6) is 0 Å². The highest BCUT2D eigenvalue weighted by molar-refractivity contribution is 6.41. The van der Waals surface area contributed by atoms with Gasteiger partial charge in [-0.05, 0) is 50.6 Å². The number of esters is 2. The van der Waals surface area contributed by atoms with E-state index in [4.69, 9.17) is 9.47 Å². The molecule has 0 aromatic heterocycles. The molecule has 0 fully saturated rings. The van der Waals surface area contributed by atoms with Crippen molar-refractivity contribution >= 4 is 29.4 Å². The predicted molar refractivity (Wildman–Crippen MR) is 121 cm³/mol. The smallest absolute Gasteiger partial charge is 0.376 e. The third-order valence-corrected chi connectivity index (χ3v) is 5.34. The molecule has 9 heteroatoms. The number of ether oxygens (including phenoxy) is 2. The average molecular weight is 450 g/mol. The van der Waals surface area contributed by atoms with E-state index in [1.165, 1.54) is 36.4 Å². The highest BCUT2D eigenvalue weighted by Crippen LogP contribution is 2.40. The Bertz CT molecular complexity index is 1190. The maximum atomic E-state index is 13.5. The predicted octanol–water partition coefficient (Wildman–Crippen LogP) is 3.69. The molecule has 4 rings (SSSR count). The first-order valence-corrected chi connectivity index (χ1v) is 10.4. The quantitative estimate of drug-likeness (QED) is 0.646. The Kier molecular flexibility index (Phi) is 5.95. The summed E-state index contributed by atoms with van der Waals surface area (Å²) in [6, 6.07) is 12.5. The van der Waals surface area contributed by atoms with Crippen LogP contribution < -0.4 is 5.01 Å². The molecule has 0 saturated carbocycles. The number of fused-ring (bicyclic) bond motifs is 1. The second-order valence-corrected chi connectivity index (χ2v) is 7.52. The number of hydrogen-bond acceptors (Lipinski definition) is 8. The van der Waals surface area contributed by atoms with Crippen molar-refractivity contribution in [3.63, 3.8) is 0 Å². The fourth-order valence-corrected chi connectivity index (χ4v) is 3.78. The Labute approximate surface area is 190 Å². The van der Waals surface area contributed by atoms with Crippen LogP contribution in [0.4, 0.5) is 10.1 Å². The van der Waals surface area contributed by atoms with E-state index in [0.29, 0.717) is 17.3 Å². The lowest BCUT2D eigenvalue weighted by molar-refractivity contribution is -0.138. The van der Waals surface area contributed by atoms with Crippen LogP contribution in [-0.4, -0.2) is 42.4 Å². The fraction of sp³-hybridized carbons (Fsp3) is 0.250. The van der Waals surface area contributed by atoms with Gasteiger partial charge in [-0.25, -0.2) is 19.0 Å². The number of nitrogens with zero attached hydrogens (tertiary/aromatic N) is 4. The number of benzene rings is 2. The number of guanidine groups is 1. The van der Waals surface area contributed by atoms with Crippen LogP contribution in [0, 0.1) is 12.7 Å².